The number of esters is 1. The summed E-state index contributed by atoms with van der Waals surface area (Å²) in [6.45, 7) is 6.01. The van der Waals surface area contributed by atoms with Gasteiger partial charge in [-0.15, -0.1) is 23.7 Å². The highest BCUT2D eigenvalue weighted by Crippen LogP contribution is 2.39. The van der Waals surface area contributed by atoms with Crippen molar-refractivity contribution in [1.82, 2.24) is 9.97 Å². The number of anilines is 1. The van der Waals surface area contributed by atoms with Crippen molar-refractivity contribution in [3.8, 4) is 0 Å². The van der Waals surface area contributed by atoms with E-state index in [0.717, 1.165) is 28.0 Å². The number of nitrogens with one attached hydrogen (secondary N) is 1. The zero-order valence-corrected chi connectivity index (χ0v) is 29.4. The van der Waals surface area contributed by atoms with Crippen molar-refractivity contribution in [3.05, 3.63) is 73.8 Å². The predicted molar refractivity (Wildman–Crippen MR) is 181 cm³/mol. The number of nitrogens with zero attached hydrogens (tertiary/aromatic N) is 2. The van der Waals surface area contributed by atoms with Crippen molar-refractivity contribution in [2.24, 2.45) is 22.7 Å². The molecule has 1 fully saturated rings. The quantitative estimate of drug-likeness (QED) is 0.176. The number of aryl methyl sites for hydroxylation is 1. The third kappa shape index (κ3) is 8.86. The third-order valence-electron chi connectivity index (χ3n) is 8.68. The first-order valence-corrected chi connectivity index (χ1v) is 17.8. The van der Waals surface area contributed by atoms with E-state index in [0.29, 0.717) is 41.6 Å². The molecule has 0 unspecified atom stereocenters. The second-order valence-corrected chi connectivity index (χ2v) is 14.7. The lowest BCUT2D eigenvalue weighted by atomic mass is 9.93. The van der Waals surface area contributed by atoms with E-state index in [1.54, 1.807) is 0 Å². The number of thiophene rings is 1. The molecule has 47 heavy (non-hydrogen) atoms. The summed E-state index contributed by atoms with van der Waals surface area (Å²) in [7, 11) is -4.22. The lowest BCUT2D eigenvalue weighted by molar-refractivity contribution is -0.154. The van der Waals surface area contributed by atoms with E-state index in [4.69, 9.17) is 36.1 Å². The number of fused-ring (bicyclic) bond motifs is 1. The van der Waals surface area contributed by atoms with Crippen LogP contribution in [-0.2, 0) is 35.2 Å². The summed E-state index contributed by atoms with van der Waals surface area (Å²) in [5, 5.41) is 8.98. The number of nitrogens with two attached hydrogens (primary N) is 2. The number of benzene rings is 1. The molecule has 0 amide bonds. The maximum Gasteiger partial charge on any atom is 0.333 e. The van der Waals surface area contributed by atoms with E-state index in [1.807, 2.05) is 45.0 Å². The van der Waals surface area contributed by atoms with Crippen LogP contribution < -0.4 is 16.2 Å². The Morgan fingerprint density at radius 3 is 2.72 bits per heavy atom. The maximum atomic E-state index is 13.9. The fraction of sp³-hybridized carbons (Fsp3) is 0.484. The molecule has 3 aromatic rings. The predicted octanol–water partition coefficient (Wildman–Crippen LogP) is 4.51. The van der Waals surface area contributed by atoms with Gasteiger partial charge in [0.15, 0.2) is 0 Å². The van der Waals surface area contributed by atoms with Gasteiger partial charge >= 0.3 is 16.3 Å². The zero-order chi connectivity index (χ0) is 33.2. The molecular formula is C31H39Cl2N5O7S2. The summed E-state index contributed by atoms with van der Waals surface area (Å²) in [5.74, 6) is -1.14. The highest BCUT2D eigenvalue weighted by atomic mass is 35.5. The molecule has 16 heteroatoms. The standard InChI is InChI=1S/C31H38ClN5O7S2.ClH/c1-4-16(2)27(33)31(39)44-25-11-21(9-19(25)14-43-46(34,40)41)37-30-24(13-35-15-36-30)28(38)26-12-22(17(3)45-26)29-23-10-20(32)6-5-18(23)7-8-42-29;/h5-6,10,12-13,15-16,19,21,25,27,29H,4,7-9,11,14,33H2,1-3H3,(H2,34,40,41)(H,35,36,37);1H/t16-,19+,21+,25-,27-,29-;/m0./s1. The highest BCUT2D eigenvalue weighted by molar-refractivity contribution is 7.84. The van der Waals surface area contributed by atoms with Gasteiger partial charge in [-0.3, -0.25) is 13.8 Å². The lowest BCUT2D eigenvalue weighted by Crippen LogP contribution is -2.41. The van der Waals surface area contributed by atoms with Gasteiger partial charge in [0.1, 0.15) is 30.4 Å². The summed E-state index contributed by atoms with van der Waals surface area (Å²) >= 11 is 7.67. The van der Waals surface area contributed by atoms with Gasteiger partial charge in [-0.1, -0.05) is 37.9 Å². The van der Waals surface area contributed by atoms with Crippen molar-refractivity contribution < 1.29 is 31.7 Å². The first kappa shape index (κ1) is 37.1. The molecule has 1 aliphatic carbocycles. The van der Waals surface area contributed by atoms with E-state index in [2.05, 4.69) is 15.3 Å². The zero-order valence-electron chi connectivity index (χ0n) is 26.2. The highest BCUT2D eigenvalue weighted by Gasteiger charge is 2.40. The van der Waals surface area contributed by atoms with Gasteiger partial charge < -0.3 is 20.5 Å². The second-order valence-electron chi connectivity index (χ2n) is 11.8. The number of hydrogen-bond acceptors (Lipinski definition) is 12. The molecule has 256 valence electrons. The fourth-order valence-corrected chi connectivity index (χ4v) is 7.44. The van der Waals surface area contributed by atoms with E-state index in [-0.39, 0.29) is 48.4 Å². The molecule has 1 aromatic carbocycles. The van der Waals surface area contributed by atoms with Crippen LogP contribution in [0.4, 0.5) is 5.82 Å². The second kappa shape index (κ2) is 15.7. The van der Waals surface area contributed by atoms with Gasteiger partial charge in [-0.25, -0.2) is 15.1 Å². The molecule has 0 bridgehead atoms. The van der Waals surface area contributed by atoms with Crippen LogP contribution in [0, 0.1) is 18.8 Å². The Morgan fingerprint density at radius 1 is 1.23 bits per heavy atom. The topological polar surface area (TPSA) is 186 Å². The first-order chi connectivity index (χ1) is 21.8. The SMILES string of the molecule is CC[C@H](C)[C@H](N)C(=O)O[C@H]1C[C@H](Nc2ncncc2C(=O)c2cc([C@@H]3OCCc4ccc(Cl)cc43)c(C)s2)C[C@@H]1COS(N)(=O)=O.Cl. The van der Waals surface area contributed by atoms with E-state index in [9.17, 15) is 18.0 Å². The van der Waals surface area contributed by atoms with Crippen LogP contribution in [0.1, 0.15) is 76.0 Å². The molecule has 0 spiro atoms. The molecule has 1 aliphatic heterocycles. The van der Waals surface area contributed by atoms with Crippen LogP contribution in [0.3, 0.4) is 0 Å². The molecule has 0 radical (unpaired) electrons. The van der Waals surface area contributed by atoms with Crippen molar-refractivity contribution in [2.75, 3.05) is 18.5 Å². The first-order valence-electron chi connectivity index (χ1n) is 15.1. The normalized spacial score (nSPS) is 22.1. The fourth-order valence-electron chi connectivity index (χ4n) is 5.90. The molecule has 2 aromatic heterocycles. The summed E-state index contributed by atoms with van der Waals surface area (Å²) in [5.41, 5.74) is 9.41. The molecular weight excluding hydrogens is 689 g/mol. The Balaban J connectivity index is 0.00000500. The lowest BCUT2D eigenvalue weighted by Gasteiger charge is -2.26. The summed E-state index contributed by atoms with van der Waals surface area (Å²) < 4.78 is 39.8. The van der Waals surface area contributed by atoms with Gasteiger partial charge in [0.2, 0.25) is 5.78 Å². The number of hydrogen-bond donors (Lipinski definition) is 3. The van der Waals surface area contributed by atoms with Gasteiger partial charge in [-0.2, -0.15) is 8.42 Å². The van der Waals surface area contributed by atoms with Crippen molar-refractivity contribution in [2.45, 2.75) is 70.7 Å². The summed E-state index contributed by atoms with van der Waals surface area (Å²) in [6, 6.07) is 6.48. The Morgan fingerprint density at radius 2 is 2.00 bits per heavy atom. The van der Waals surface area contributed by atoms with Gasteiger partial charge in [0.25, 0.3) is 0 Å². The van der Waals surface area contributed by atoms with Crippen LogP contribution in [0.5, 0.6) is 0 Å². The van der Waals surface area contributed by atoms with Gasteiger partial charge in [-0.05, 0) is 60.6 Å². The molecule has 5 N–H and O–H groups in total. The number of aromatic nitrogens is 2. The minimum Gasteiger partial charge on any atom is -0.461 e. The number of ether oxygens (including phenoxy) is 2. The molecule has 3 heterocycles. The van der Waals surface area contributed by atoms with Crippen LogP contribution in [0.15, 0.2) is 36.8 Å². The van der Waals surface area contributed by atoms with E-state index in [1.165, 1.54) is 23.9 Å². The van der Waals surface area contributed by atoms with Crippen LogP contribution in [0.25, 0.3) is 0 Å². The van der Waals surface area contributed by atoms with Crippen molar-refractivity contribution in [1.29, 1.82) is 0 Å². The average Bonchev–Trinajstić information content (AvgIpc) is 3.60. The van der Waals surface area contributed by atoms with Gasteiger partial charge in [0.05, 0.1) is 23.7 Å². The summed E-state index contributed by atoms with van der Waals surface area (Å²) in [6.07, 6.45) is 3.89. The van der Waals surface area contributed by atoms with E-state index >= 15 is 0 Å². The molecule has 12 nitrogen and oxygen atoms in total. The Kier molecular flexibility index (Phi) is 12.4. The monoisotopic (exact) mass is 727 g/mol. The van der Waals surface area contributed by atoms with Crippen LogP contribution >= 0.6 is 35.3 Å². The molecule has 6 atom stereocenters. The average molecular weight is 729 g/mol. The number of halogens is 2. The minimum atomic E-state index is -4.22. The number of carbonyl (C=O) groups is 2. The van der Waals surface area contributed by atoms with Crippen LogP contribution in [0.2, 0.25) is 5.02 Å². The molecule has 2 aliphatic rings. The number of ketones is 1. The van der Waals surface area contributed by atoms with Crippen molar-refractivity contribution in [3.63, 3.8) is 0 Å². The Hall–Kier alpha value is -2.69. The smallest absolute Gasteiger partial charge is 0.333 e. The third-order valence-corrected chi connectivity index (χ3v) is 10.4. The number of rotatable bonds is 12. The Bertz CT molecular complexity index is 1710. The molecule has 5 rings (SSSR count). The molecule has 1 saturated carbocycles. The maximum absolute atomic E-state index is 13.9. The summed E-state index contributed by atoms with van der Waals surface area (Å²) in [4.78, 5) is 36.6. The Labute approximate surface area is 289 Å². The van der Waals surface area contributed by atoms with E-state index < -0.39 is 34.3 Å². The van der Waals surface area contributed by atoms with Gasteiger partial charge in [0, 0.05) is 34.5 Å². The van der Waals surface area contributed by atoms with Crippen molar-refractivity contribution >= 4 is 63.2 Å². The minimum absolute atomic E-state index is 0. The largest absolute Gasteiger partial charge is 0.461 e. The number of carbonyl (C=O) groups excluding carboxylic acids is 2. The molecule has 0 saturated heterocycles. The van der Waals surface area contributed by atoms with Crippen LogP contribution in [-0.4, -0.2) is 61.5 Å².